The van der Waals surface area contributed by atoms with Crippen molar-refractivity contribution < 1.29 is 9.59 Å². The van der Waals surface area contributed by atoms with Crippen molar-refractivity contribution in [2.75, 3.05) is 19.6 Å². The number of para-hydroxylation sites is 1. The first-order valence-corrected chi connectivity index (χ1v) is 9.61. The molecule has 2 unspecified atom stereocenters. The predicted octanol–water partition coefficient (Wildman–Crippen LogP) is 3.36. The molecule has 2 bridgehead atoms. The van der Waals surface area contributed by atoms with Crippen LogP contribution in [0.4, 0.5) is 0 Å². The molecule has 4 heterocycles. The summed E-state index contributed by atoms with van der Waals surface area (Å²) in [6.07, 6.45) is 2.77. The number of rotatable bonds is 3. The number of aromatic nitrogens is 1. The van der Waals surface area contributed by atoms with Crippen LogP contribution in [0.1, 0.15) is 36.7 Å². The number of carbonyl (C=O) groups excluding carboxylic acids is 2. The van der Waals surface area contributed by atoms with Crippen molar-refractivity contribution in [2.45, 2.75) is 32.2 Å². The summed E-state index contributed by atoms with van der Waals surface area (Å²) in [7, 11) is 0. The highest BCUT2D eigenvalue weighted by molar-refractivity contribution is 6.35. The highest BCUT2D eigenvalue weighted by Gasteiger charge is 2.41. The van der Waals surface area contributed by atoms with Gasteiger partial charge >= 0.3 is 0 Å². The second-order valence-corrected chi connectivity index (χ2v) is 7.59. The maximum Gasteiger partial charge on any atom is 0.272 e. The summed E-state index contributed by atoms with van der Waals surface area (Å²) in [5.41, 5.74) is 1.03. The third kappa shape index (κ3) is 2.94. The number of piperidine rings is 1. The van der Waals surface area contributed by atoms with Gasteiger partial charge in [0.2, 0.25) is 5.91 Å². The van der Waals surface area contributed by atoms with Gasteiger partial charge in [0.15, 0.2) is 0 Å². The van der Waals surface area contributed by atoms with Gasteiger partial charge in [-0.2, -0.15) is 0 Å². The molecule has 0 N–H and O–H groups in total. The van der Waals surface area contributed by atoms with E-state index < -0.39 is 0 Å². The number of carbonyl (C=O) groups is 2. The summed E-state index contributed by atoms with van der Waals surface area (Å²) >= 11 is 6.24. The van der Waals surface area contributed by atoms with Crippen LogP contribution in [0.3, 0.4) is 0 Å². The van der Waals surface area contributed by atoms with Crippen LogP contribution in [0.25, 0.3) is 10.9 Å². The molecule has 26 heavy (non-hydrogen) atoms. The minimum atomic E-state index is -0.116. The monoisotopic (exact) mass is 371 g/mol. The SMILES string of the molecule is CCCN1C(=O)C2CCC1CN(C(=O)c1ccc3cccc(Cl)c3n1)C2. The molecule has 1 aromatic carbocycles. The molecule has 2 amide bonds. The quantitative estimate of drug-likeness (QED) is 0.831. The molecule has 6 heteroatoms. The molecule has 2 aromatic rings. The van der Waals surface area contributed by atoms with E-state index in [0.29, 0.717) is 29.3 Å². The minimum Gasteiger partial charge on any atom is -0.338 e. The Kier molecular flexibility index (Phi) is 4.57. The number of hydrogen-bond donors (Lipinski definition) is 0. The fourth-order valence-electron chi connectivity index (χ4n) is 4.13. The van der Waals surface area contributed by atoms with E-state index in [1.165, 1.54) is 0 Å². The van der Waals surface area contributed by atoms with Crippen molar-refractivity contribution in [3.05, 3.63) is 41.0 Å². The average molecular weight is 372 g/mol. The molecule has 3 saturated heterocycles. The summed E-state index contributed by atoms with van der Waals surface area (Å²) in [4.78, 5) is 34.1. The first-order chi connectivity index (χ1) is 12.6. The largest absolute Gasteiger partial charge is 0.338 e. The second-order valence-electron chi connectivity index (χ2n) is 7.18. The van der Waals surface area contributed by atoms with Crippen molar-refractivity contribution in [3.63, 3.8) is 0 Å². The number of nitrogens with zero attached hydrogens (tertiary/aromatic N) is 3. The fourth-order valence-corrected chi connectivity index (χ4v) is 4.36. The molecular weight excluding hydrogens is 350 g/mol. The van der Waals surface area contributed by atoms with Gasteiger partial charge in [0.25, 0.3) is 5.91 Å². The summed E-state index contributed by atoms with van der Waals surface area (Å²) < 4.78 is 0. The van der Waals surface area contributed by atoms with Crippen LogP contribution in [-0.4, -0.2) is 52.3 Å². The number of halogens is 1. The van der Waals surface area contributed by atoms with E-state index in [1.807, 2.05) is 23.1 Å². The molecule has 0 aliphatic carbocycles. The van der Waals surface area contributed by atoms with Crippen molar-refractivity contribution in [2.24, 2.45) is 5.92 Å². The zero-order valence-electron chi connectivity index (χ0n) is 14.8. The van der Waals surface area contributed by atoms with Gasteiger partial charge in [0, 0.05) is 31.1 Å². The number of amides is 2. The first kappa shape index (κ1) is 17.3. The van der Waals surface area contributed by atoms with E-state index in [-0.39, 0.29) is 23.8 Å². The molecule has 136 valence electrons. The number of hydrogen-bond acceptors (Lipinski definition) is 3. The van der Waals surface area contributed by atoms with Gasteiger partial charge in [-0.05, 0) is 31.4 Å². The molecule has 0 radical (unpaired) electrons. The Morgan fingerprint density at radius 1 is 1.23 bits per heavy atom. The summed E-state index contributed by atoms with van der Waals surface area (Å²) in [5, 5.41) is 1.45. The lowest BCUT2D eigenvalue weighted by atomic mass is 9.94. The highest BCUT2D eigenvalue weighted by atomic mass is 35.5. The summed E-state index contributed by atoms with van der Waals surface area (Å²) in [6.45, 7) is 3.92. The smallest absolute Gasteiger partial charge is 0.272 e. The Balaban J connectivity index is 1.63. The van der Waals surface area contributed by atoms with Crippen LogP contribution >= 0.6 is 11.6 Å². The molecule has 2 atom stereocenters. The molecule has 3 aliphatic heterocycles. The third-order valence-electron chi connectivity index (χ3n) is 5.44. The van der Waals surface area contributed by atoms with Crippen LogP contribution in [0.15, 0.2) is 30.3 Å². The zero-order chi connectivity index (χ0) is 18.3. The van der Waals surface area contributed by atoms with Crippen molar-refractivity contribution >= 4 is 34.3 Å². The van der Waals surface area contributed by atoms with Crippen molar-refractivity contribution in [1.82, 2.24) is 14.8 Å². The summed E-state index contributed by atoms with van der Waals surface area (Å²) in [6, 6.07) is 9.32. The van der Waals surface area contributed by atoms with Gasteiger partial charge in [-0.3, -0.25) is 9.59 Å². The predicted molar refractivity (Wildman–Crippen MR) is 101 cm³/mol. The normalized spacial score (nSPS) is 22.8. The van der Waals surface area contributed by atoms with Gasteiger partial charge in [0.05, 0.1) is 16.5 Å². The molecule has 5 rings (SSSR count). The zero-order valence-corrected chi connectivity index (χ0v) is 15.6. The van der Waals surface area contributed by atoms with E-state index in [2.05, 4.69) is 11.9 Å². The van der Waals surface area contributed by atoms with Gasteiger partial charge in [-0.25, -0.2) is 4.98 Å². The maximum atomic E-state index is 13.1. The number of pyridine rings is 1. The van der Waals surface area contributed by atoms with Crippen molar-refractivity contribution in [3.8, 4) is 0 Å². The van der Waals surface area contributed by atoms with Gasteiger partial charge in [-0.15, -0.1) is 0 Å². The van der Waals surface area contributed by atoms with Crippen LogP contribution in [0.2, 0.25) is 5.02 Å². The van der Waals surface area contributed by atoms with E-state index in [0.717, 1.165) is 31.2 Å². The maximum absolute atomic E-state index is 13.1. The van der Waals surface area contributed by atoms with Crippen LogP contribution < -0.4 is 0 Å². The average Bonchev–Trinajstić information content (AvgIpc) is 2.94. The highest BCUT2D eigenvalue weighted by Crippen LogP contribution is 2.30. The second kappa shape index (κ2) is 6.88. The molecule has 3 fully saturated rings. The Morgan fingerprint density at radius 2 is 2.08 bits per heavy atom. The van der Waals surface area contributed by atoms with E-state index in [9.17, 15) is 9.59 Å². The molecule has 3 aliphatic rings. The molecule has 5 nitrogen and oxygen atoms in total. The van der Waals surface area contributed by atoms with Gasteiger partial charge in [-0.1, -0.05) is 36.7 Å². The first-order valence-electron chi connectivity index (χ1n) is 9.23. The standard InChI is InChI=1S/C20H22ClN3O2/c1-2-10-24-15-8-6-14(19(24)25)11-23(12-15)20(26)17-9-7-13-4-3-5-16(21)18(13)22-17/h3-5,7,9,14-15H,2,6,8,10-12H2,1H3. The molecule has 0 spiro atoms. The van der Waals surface area contributed by atoms with Crippen LogP contribution in [0, 0.1) is 5.92 Å². The number of fused-ring (bicyclic) bond motifs is 5. The number of benzene rings is 1. The Bertz CT molecular complexity index is 869. The Morgan fingerprint density at radius 3 is 2.88 bits per heavy atom. The minimum absolute atomic E-state index is 0.0895. The van der Waals surface area contributed by atoms with E-state index >= 15 is 0 Å². The van der Waals surface area contributed by atoms with Crippen LogP contribution in [0.5, 0.6) is 0 Å². The lowest BCUT2D eigenvalue weighted by molar-refractivity contribution is -0.139. The van der Waals surface area contributed by atoms with Gasteiger partial charge in [0.1, 0.15) is 5.69 Å². The molecule has 0 saturated carbocycles. The fraction of sp³-hybridized carbons (Fsp3) is 0.450. The summed E-state index contributed by atoms with van der Waals surface area (Å²) in [5.74, 6) is -0.00363. The van der Waals surface area contributed by atoms with E-state index in [4.69, 9.17) is 11.6 Å². The topological polar surface area (TPSA) is 53.5 Å². The molecule has 1 aromatic heterocycles. The lowest BCUT2D eigenvalue weighted by Gasteiger charge is -2.35. The Hall–Kier alpha value is -2.14. The molecular formula is C20H22ClN3O2. The van der Waals surface area contributed by atoms with Crippen molar-refractivity contribution in [1.29, 1.82) is 0 Å². The van der Waals surface area contributed by atoms with Crippen LogP contribution in [-0.2, 0) is 4.79 Å². The Labute approximate surface area is 157 Å². The third-order valence-corrected chi connectivity index (χ3v) is 5.74. The lowest BCUT2D eigenvalue weighted by Crippen LogP contribution is -2.48. The van der Waals surface area contributed by atoms with Gasteiger partial charge < -0.3 is 9.80 Å². The van der Waals surface area contributed by atoms with E-state index in [1.54, 1.807) is 17.0 Å².